The SMILES string of the molecule is COc1ccccc1[C@H](C)C(C)CNc1cc(-c2ccc(NC3CCN(C4CC4)CC3)nc2)ncn1. The third kappa shape index (κ3) is 5.95. The molecule has 7 nitrogen and oxygen atoms in total. The molecule has 3 aromatic rings. The van der Waals surface area contributed by atoms with Gasteiger partial charge in [-0.05, 0) is 61.3 Å². The number of hydrogen-bond acceptors (Lipinski definition) is 7. The second-order valence-corrected chi connectivity index (χ2v) is 10.3. The highest BCUT2D eigenvalue weighted by Crippen LogP contribution is 2.32. The number of pyridine rings is 1. The van der Waals surface area contributed by atoms with Gasteiger partial charge in [-0.25, -0.2) is 15.0 Å². The molecule has 2 fully saturated rings. The molecule has 2 atom stereocenters. The van der Waals surface area contributed by atoms with Gasteiger partial charge in [-0.1, -0.05) is 32.0 Å². The smallest absolute Gasteiger partial charge is 0.129 e. The molecule has 3 heterocycles. The molecule has 36 heavy (non-hydrogen) atoms. The van der Waals surface area contributed by atoms with E-state index >= 15 is 0 Å². The average Bonchev–Trinajstić information content (AvgIpc) is 3.78. The molecule has 1 aliphatic carbocycles. The van der Waals surface area contributed by atoms with E-state index < -0.39 is 0 Å². The maximum atomic E-state index is 5.56. The van der Waals surface area contributed by atoms with Gasteiger partial charge in [-0.3, -0.25) is 0 Å². The molecule has 7 heteroatoms. The summed E-state index contributed by atoms with van der Waals surface area (Å²) in [5.41, 5.74) is 3.09. The molecule has 5 rings (SSSR count). The first kappa shape index (κ1) is 24.5. The van der Waals surface area contributed by atoms with Gasteiger partial charge < -0.3 is 20.3 Å². The average molecular weight is 487 g/mol. The van der Waals surface area contributed by atoms with Crippen molar-refractivity contribution in [1.82, 2.24) is 19.9 Å². The summed E-state index contributed by atoms with van der Waals surface area (Å²) in [6.07, 6.45) is 8.68. The van der Waals surface area contributed by atoms with Crippen LogP contribution in [0, 0.1) is 5.92 Å². The Kier molecular flexibility index (Phi) is 7.66. The highest BCUT2D eigenvalue weighted by molar-refractivity contribution is 5.62. The minimum atomic E-state index is 0.347. The molecule has 2 aliphatic rings. The van der Waals surface area contributed by atoms with Gasteiger partial charge in [0.25, 0.3) is 0 Å². The van der Waals surface area contributed by atoms with Crippen molar-refractivity contribution in [2.24, 2.45) is 5.92 Å². The topological polar surface area (TPSA) is 75.2 Å². The van der Waals surface area contributed by atoms with E-state index in [1.165, 1.54) is 44.3 Å². The van der Waals surface area contributed by atoms with Crippen LogP contribution in [-0.4, -0.2) is 58.7 Å². The number of nitrogens with one attached hydrogen (secondary N) is 2. The Balaban J connectivity index is 1.15. The lowest BCUT2D eigenvalue weighted by molar-refractivity contribution is 0.210. The number of piperidine rings is 1. The molecule has 1 aromatic carbocycles. The van der Waals surface area contributed by atoms with Crippen LogP contribution in [0.25, 0.3) is 11.3 Å². The van der Waals surface area contributed by atoms with Gasteiger partial charge in [-0.15, -0.1) is 0 Å². The fourth-order valence-electron chi connectivity index (χ4n) is 5.09. The molecule has 0 amide bonds. The molecule has 2 aromatic heterocycles. The van der Waals surface area contributed by atoms with Crippen LogP contribution < -0.4 is 15.4 Å². The molecule has 2 N–H and O–H groups in total. The number of rotatable bonds is 10. The number of ether oxygens (including phenoxy) is 1. The van der Waals surface area contributed by atoms with Crippen molar-refractivity contribution in [3.8, 4) is 17.0 Å². The fraction of sp³-hybridized carbons (Fsp3) is 0.483. The maximum Gasteiger partial charge on any atom is 0.129 e. The summed E-state index contributed by atoms with van der Waals surface area (Å²) in [4.78, 5) is 16.2. The van der Waals surface area contributed by atoms with E-state index in [-0.39, 0.29) is 0 Å². The summed E-state index contributed by atoms with van der Waals surface area (Å²) >= 11 is 0. The number of methoxy groups -OCH3 is 1. The van der Waals surface area contributed by atoms with E-state index in [0.29, 0.717) is 17.9 Å². The van der Waals surface area contributed by atoms with Crippen LogP contribution in [0.2, 0.25) is 0 Å². The second-order valence-electron chi connectivity index (χ2n) is 10.3. The van der Waals surface area contributed by atoms with Crippen molar-refractivity contribution in [3.63, 3.8) is 0 Å². The van der Waals surface area contributed by atoms with E-state index in [0.717, 1.165) is 41.2 Å². The summed E-state index contributed by atoms with van der Waals surface area (Å²) < 4.78 is 5.56. The number of likely N-dealkylation sites (tertiary alicyclic amines) is 1. The maximum absolute atomic E-state index is 5.56. The Morgan fingerprint density at radius 1 is 0.972 bits per heavy atom. The molecule has 1 saturated carbocycles. The predicted octanol–water partition coefficient (Wildman–Crippen LogP) is 5.44. The van der Waals surface area contributed by atoms with Crippen molar-refractivity contribution in [2.75, 3.05) is 37.4 Å². The van der Waals surface area contributed by atoms with Gasteiger partial charge in [0.15, 0.2) is 0 Å². The third-order valence-corrected chi connectivity index (χ3v) is 7.76. The highest BCUT2D eigenvalue weighted by atomic mass is 16.5. The number of benzene rings is 1. The summed E-state index contributed by atoms with van der Waals surface area (Å²) in [6, 6.07) is 15.8. The van der Waals surface area contributed by atoms with E-state index in [4.69, 9.17) is 4.74 Å². The zero-order chi connectivity index (χ0) is 24.9. The molecule has 1 aliphatic heterocycles. The van der Waals surface area contributed by atoms with Gasteiger partial charge in [0.1, 0.15) is 23.7 Å². The van der Waals surface area contributed by atoms with Crippen LogP contribution in [-0.2, 0) is 0 Å². The standard InChI is InChI=1S/C29H38N6O/c1-20(21(2)25-6-4-5-7-27(25)36-3)17-30-29-16-26(32-19-33-29)22-8-11-28(31-18-22)34-23-12-14-35(15-13-23)24-9-10-24/h4-8,11,16,18-21,23-24H,9-10,12-15,17H2,1-3H3,(H,31,34)(H,30,32,33)/t20?,21-/m1/s1. The van der Waals surface area contributed by atoms with E-state index in [9.17, 15) is 0 Å². The number of anilines is 2. The Morgan fingerprint density at radius 3 is 2.50 bits per heavy atom. The van der Waals surface area contributed by atoms with E-state index in [1.807, 2.05) is 24.4 Å². The summed E-state index contributed by atoms with van der Waals surface area (Å²) in [5, 5.41) is 7.12. The van der Waals surface area contributed by atoms with Crippen LogP contribution in [0.15, 0.2) is 55.0 Å². The molecule has 0 spiro atoms. The van der Waals surface area contributed by atoms with Crippen molar-refractivity contribution in [2.45, 2.75) is 57.5 Å². The van der Waals surface area contributed by atoms with Gasteiger partial charge >= 0.3 is 0 Å². The second kappa shape index (κ2) is 11.2. The van der Waals surface area contributed by atoms with Crippen molar-refractivity contribution in [1.29, 1.82) is 0 Å². The molecule has 190 valence electrons. The molecular formula is C29H38N6O. The number of nitrogens with zero attached hydrogens (tertiary/aromatic N) is 4. The van der Waals surface area contributed by atoms with Crippen molar-refractivity contribution in [3.05, 3.63) is 60.6 Å². The first-order valence-corrected chi connectivity index (χ1v) is 13.3. The molecule has 0 bridgehead atoms. The number of hydrogen-bond donors (Lipinski definition) is 2. The Labute approximate surface area is 214 Å². The highest BCUT2D eigenvalue weighted by Gasteiger charge is 2.31. The zero-order valence-corrected chi connectivity index (χ0v) is 21.7. The van der Waals surface area contributed by atoms with Gasteiger partial charge in [0.2, 0.25) is 0 Å². The lowest BCUT2D eigenvalue weighted by atomic mass is 9.88. The Morgan fingerprint density at radius 2 is 1.78 bits per heavy atom. The monoisotopic (exact) mass is 486 g/mol. The summed E-state index contributed by atoms with van der Waals surface area (Å²) in [5.74, 6) is 3.44. The predicted molar refractivity (Wildman–Crippen MR) is 146 cm³/mol. The van der Waals surface area contributed by atoms with Gasteiger partial charge in [-0.2, -0.15) is 0 Å². The zero-order valence-electron chi connectivity index (χ0n) is 21.7. The normalized spacial score (nSPS) is 18.4. The fourth-order valence-corrected chi connectivity index (χ4v) is 5.09. The first-order valence-electron chi connectivity index (χ1n) is 13.3. The van der Waals surface area contributed by atoms with Crippen LogP contribution >= 0.6 is 0 Å². The van der Waals surface area contributed by atoms with Crippen molar-refractivity contribution < 1.29 is 4.74 Å². The van der Waals surface area contributed by atoms with Crippen LogP contribution in [0.3, 0.4) is 0 Å². The minimum Gasteiger partial charge on any atom is -0.496 e. The molecule has 1 unspecified atom stereocenters. The third-order valence-electron chi connectivity index (χ3n) is 7.76. The van der Waals surface area contributed by atoms with Gasteiger partial charge in [0.05, 0.1) is 12.8 Å². The summed E-state index contributed by atoms with van der Waals surface area (Å²) in [6.45, 7) is 7.70. The van der Waals surface area contributed by atoms with Crippen LogP contribution in [0.5, 0.6) is 5.75 Å². The Bertz CT molecular complexity index is 1120. The number of aromatic nitrogens is 3. The van der Waals surface area contributed by atoms with E-state index in [2.05, 4.69) is 68.6 Å². The number of para-hydroxylation sites is 1. The van der Waals surface area contributed by atoms with Gasteiger partial charge in [0, 0.05) is 49.5 Å². The van der Waals surface area contributed by atoms with E-state index in [1.54, 1.807) is 13.4 Å². The lowest BCUT2D eigenvalue weighted by Crippen LogP contribution is -2.40. The van der Waals surface area contributed by atoms with Crippen molar-refractivity contribution >= 4 is 11.6 Å². The quantitative estimate of drug-likeness (QED) is 0.395. The van der Waals surface area contributed by atoms with Crippen LogP contribution in [0.4, 0.5) is 11.6 Å². The molecular weight excluding hydrogens is 448 g/mol. The first-order chi connectivity index (χ1) is 17.6. The Hall–Kier alpha value is -3.19. The lowest BCUT2D eigenvalue weighted by Gasteiger charge is -2.32. The largest absolute Gasteiger partial charge is 0.496 e. The molecule has 1 saturated heterocycles. The molecule has 0 radical (unpaired) electrons. The summed E-state index contributed by atoms with van der Waals surface area (Å²) in [7, 11) is 1.73. The minimum absolute atomic E-state index is 0.347. The van der Waals surface area contributed by atoms with Crippen LogP contribution in [0.1, 0.15) is 51.0 Å².